The van der Waals surface area contributed by atoms with Gasteiger partial charge in [0.25, 0.3) is 0 Å². The van der Waals surface area contributed by atoms with Crippen LogP contribution in [-0.2, 0) is 5.54 Å². The lowest BCUT2D eigenvalue weighted by molar-refractivity contribution is 0.253. The van der Waals surface area contributed by atoms with Crippen LogP contribution in [0.3, 0.4) is 0 Å². The standard InChI is InChI=1S/C20H21N5/c21-13-17-18(22)25(19(24-17)14-5-2-1-3-6-14)16-9-7-15(8-10-16)20(23)11-4-12-20/h1-3,5-10,13,21H,4,11-12,22-23H2. The van der Waals surface area contributed by atoms with Crippen molar-refractivity contribution in [3.63, 3.8) is 0 Å². The molecule has 1 heterocycles. The summed E-state index contributed by atoms with van der Waals surface area (Å²) in [7, 11) is 0. The lowest BCUT2D eigenvalue weighted by atomic mass is 9.73. The van der Waals surface area contributed by atoms with Gasteiger partial charge in [-0.05, 0) is 37.0 Å². The number of nitrogens with one attached hydrogen (secondary N) is 1. The van der Waals surface area contributed by atoms with Gasteiger partial charge in [-0.2, -0.15) is 0 Å². The van der Waals surface area contributed by atoms with Crippen LogP contribution in [0.4, 0.5) is 5.82 Å². The number of nitrogens with zero attached hydrogens (tertiary/aromatic N) is 2. The van der Waals surface area contributed by atoms with E-state index in [-0.39, 0.29) is 5.54 Å². The van der Waals surface area contributed by atoms with Gasteiger partial charge in [0, 0.05) is 23.0 Å². The number of rotatable bonds is 4. The largest absolute Gasteiger partial charge is 0.383 e. The maximum atomic E-state index is 7.57. The first-order chi connectivity index (χ1) is 12.1. The first kappa shape index (κ1) is 15.6. The van der Waals surface area contributed by atoms with Crippen molar-refractivity contribution in [2.45, 2.75) is 24.8 Å². The Morgan fingerprint density at radius 2 is 1.72 bits per heavy atom. The lowest BCUT2D eigenvalue weighted by Crippen LogP contribution is -2.43. The van der Waals surface area contributed by atoms with Gasteiger partial charge in [0.2, 0.25) is 0 Å². The summed E-state index contributed by atoms with van der Waals surface area (Å²) in [6.45, 7) is 0. The number of benzene rings is 2. The Kier molecular flexibility index (Phi) is 3.66. The smallest absolute Gasteiger partial charge is 0.146 e. The molecule has 1 saturated carbocycles. The number of imidazole rings is 1. The van der Waals surface area contributed by atoms with Crippen molar-refractivity contribution in [2.75, 3.05) is 5.73 Å². The first-order valence-corrected chi connectivity index (χ1v) is 8.46. The third-order valence-electron chi connectivity index (χ3n) is 5.06. The quantitative estimate of drug-likeness (QED) is 0.639. The fourth-order valence-electron chi connectivity index (χ4n) is 3.39. The summed E-state index contributed by atoms with van der Waals surface area (Å²) in [5, 5.41) is 7.57. The third kappa shape index (κ3) is 2.53. The molecule has 0 atom stereocenters. The Hall–Kier alpha value is -2.92. The van der Waals surface area contributed by atoms with Crippen molar-refractivity contribution >= 4 is 12.0 Å². The molecular weight excluding hydrogens is 310 g/mol. The molecule has 0 spiro atoms. The number of nitrogens with two attached hydrogens (primary N) is 2. The van der Waals surface area contributed by atoms with Crippen LogP contribution < -0.4 is 11.5 Å². The Labute approximate surface area is 146 Å². The van der Waals surface area contributed by atoms with Gasteiger partial charge in [0.1, 0.15) is 17.3 Å². The van der Waals surface area contributed by atoms with Gasteiger partial charge in [0.15, 0.2) is 0 Å². The van der Waals surface area contributed by atoms with Crippen LogP contribution in [0, 0.1) is 5.41 Å². The van der Waals surface area contributed by atoms with E-state index in [1.807, 2.05) is 47.0 Å². The van der Waals surface area contributed by atoms with Gasteiger partial charge >= 0.3 is 0 Å². The Bertz CT molecular complexity index is 905. The molecule has 3 aromatic rings. The van der Waals surface area contributed by atoms with Gasteiger partial charge in [-0.25, -0.2) is 4.98 Å². The molecular formula is C20H21N5. The van der Waals surface area contributed by atoms with Crippen molar-refractivity contribution in [3.05, 3.63) is 65.9 Å². The maximum absolute atomic E-state index is 7.57. The molecule has 1 aliphatic carbocycles. The fraction of sp³-hybridized carbons (Fsp3) is 0.200. The average molecular weight is 331 g/mol. The van der Waals surface area contributed by atoms with Crippen LogP contribution in [0.2, 0.25) is 0 Å². The molecule has 0 amide bonds. The Balaban J connectivity index is 1.82. The zero-order valence-corrected chi connectivity index (χ0v) is 13.9. The fourth-order valence-corrected chi connectivity index (χ4v) is 3.39. The van der Waals surface area contributed by atoms with Gasteiger partial charge in [0.05, 0.1) is 0 Å². The third-order valence-corrected chi connectivity index (χ3v) is 5.06. The highest BCUT2D eigenvalue weighted by Crippen LogP contribution is 2.39. The second-order valence-corrected chi connectivity index (χ2v) is 6.61. The SMILES string of the molecule is N=Cc1nc(-c2ccccc2)n(-c2ccc(C3(N)CCC3)cc2)c1N. The van der Waals surface area contributed by atoms with E-state index in [4.69, 9.17) is 16.9 Å². The number of hydrogen-bond acceptors (Lipinski definition) is 4. The molecule has 1 aliphatic rings. The molecule has 5 heteroatoms. The van der Waals surface area contributed by atoms with E-state index in [0.717, 1.165) is 35.5 Å². The van der Waals surface area contributed by atoms with Crippen molar-refractivity contribution in [2.24, 2.45) is 5.73 Å². The first-order valence-electron chi connectivity index (χ1n) is 8.46. The van der Waals surface area contributed by atoms with Crippen molar-refractivity contribution < 1.29 is 0 Å². The molecule has 0 aliphatic heterocycles. The van der Waals surface area contributed by atoms with Gasteiger partial charge in [-0.1, -0.05) is 42.5 Å². The Morgan fingerprint density at radius 3 is 2.28 bits per heavy atom. The minimum absolute atomic E-state index is 0.179. The summed E-state index contributed by atoms with van der Waals surface area (Å²) in [5.74, 6) is 1.20. The maximum Gasteiger partial charge on any atom is 0.146 e. The summed E-state index contributed by atoms with van der Waals surface area (Å²) in [6.07, 6.45) is 4.45. The summed E-state index contributed by atoms with van der Waals surface area (Å²) >= 11 is 0. The molecule has 0 bridgehead atoms. The zero-order chi connectivity index (χ0) is 17.4. The topological polar surface area (TPSA) is 93.7 Å². The second kappa shape index (κ2) is 5.86. The number of hydrogen-bond donors (Lipinski definition) is 3. The van der Waals surface area contributed by atoms with Gasteiger partial charge in [-0.15, -0.1) is 0 Å². The van der Waals surface area contributed by atoms with Crippen molar-refractivity contribution in [1.29, 1.82) is 5.41 Å². The van der Waals surface area contributed by atoms with Crippen LogP contribution >= 0.6 is 0 Å². The van der Waals surface area contributed by atoms with Gasteiger partial charge < -0.3 is 16.9 Å². The van der Waals surface area contributed by atoms with Crippen LogP contribution in [0.25, 0.3) is 17.1 Å². The minimum Gasteiger partial charge on any atom is -0.383 e. The van der Waals surface area contributed by atoms with E-state index in [1.165, 1.54) is 12.6 Å². The lowest BCUT2D eigenvalue weighted by Gasteiger charge is -2.38. The van der Waals surface area contributed by atoms with E-state index in [2.05, 4.69) is 17.1 Å². The van der Waals surface area contributed by atoms with Crippen LogP contribution in [-0.4, -0.2) is 15.8 Å². The highest BCUT2D eigenvalue weighted by atomic mass is 15.1. The van der Waals surface area contributed by atoms with E-state index < -0.39 is 0 Å². The summed E-state index contributed by atoms with van der Waals surface area (Å²) < 4.78 is 1.89. The van der Waals surface area contributed by atoms with Gasteiger partial charge in [-0.3, -0.25) is 4.57 Å². The summed E-state index contributed by atoms with van der Waals surface area (Å²) in [5.41, 5.74) is 16.0. The van der Waals surface area contributed by atoms with E-state index >= 15 is 0 Å². The predicted molar refractivity (Wildman–Crippen MR) is 101 cm³/mol. The van der Waals surface area contributed by atoms with Crippen LogP contribution in [0.15, 0.2) is 54.6 Å². The molecule has 1 aromatic heterocycles. The highest BCUT2D eigenvalue weighted by molar-refractivity contribution is 5.84. The molecule has 1 fully saturated rings. The molecule has 0 unspecified atom stereocenters. The van der Waals surface area contributed by atoms with Crippen molar-refractivity contribution in [3.8, 4) is 17.1 Å². The molecule has 0 saturated heterocycles. The molecule has 25 heavy (non-hydrogen) atoms. The summed E-state index contributed by atoms with van der Waals surface area (Å²) in [6, 6.07) is 18.1. The minimum atomic E-state index is -0.179. The molecule has 5 N–H and O–H groups in total. The highest BCUT2D eigenvalue weighted by Gasteiger charge is 2.34. The average Bonchev–Trinajstić information content (AvgIpc) is 2.97. The monoisotopic (exact) mass is 331 g/mol. The van der Waals surface area contributed by atoms with E-state index in [0.29, 0.717) is 11.5 Å². The molecule has 2 aromatic carbocycles. The molecule has 5 nitrogen and oxygen atoms in total. The number of aromatic nitrogens is 2. The second-order valence-electron chi connectivity index (χ2n) is 6.61. The van der Waals surface area contributed by atoms with E-state index in [9.17, 15) is 0 Å². The van der Waals surface area contributed by atoms with Crippen LogP contribution in [0.5, 0.6) is 0 Å². The molecule has 126 valence electrons. The number of anilines is 1. The normalized spacial score (nSPS) is 15.6. The molecule has 0 radical (unpaired) electrons. The number of nitrogen functional groups attached to an aromatic ring is 1. The summed E-state index contributed by atoms with van der Waals surface area (Å²) in [4.78, 5) is 4.54. The predicted octanol–water partition coefficient (Wildman–Crippen LogP) is 3.46. The van der Waals surface area contributed by atoms with E-state index in [1.54, 1.807) is 0 Å². The zero-order valence-electron chi connectivity index (χ0n) is 13.9. The van der Waals surface area contributed by atoms with Crippen molar-refractivity contribution in [1.82, 2.24) is 9.55 Å². The Morgan fingerprint density at radius 1 is 1.04 bits per heavy atom. The van der Waals surface area contributed by atoms with Crippen LogP contribution in [0.1, 0.15) is 30.5 Å². The molecule has 4 rings (SSSR count).